The zero-order valence-corrected chi connectivity index (χ0v) is 18.2. The van der Waals surface area contributed by atoms with Gasteiger partial charge in [-0.1, -0.05) is 43.5 Å². The minimum absolute atomic E-state index is 0.0435. The van der Waals surface area contributed by atoms with E-state index in [0.717, 1.165) is 24.6 Å². The van der Waals surface area contributed by atoms with Gasteiger partial charge in [0.25, 0.3) is 5.91 Å². The van der Waals surface area contributed by atoms with Crippen molar-refractivity contribution in [3.8, 4) is 11.4 Å². The molecule has 2 aromatic heterocycles. The van der Waals surface area contributed by atoms with Crippen LogP contribution in [0.2, 0.25) is 5.02 Å². The summed E-state index contributed by atoms with van der Waals surface area (Å²) in [6, 6.07) is 12.3. The quantitative estimate of drug-likeness (QED) is 0.287. The van der Waals surface area contributed by atoms with Crippen molar-refractivity contribution in [2.45, 2.75) is 32.6 Å². The van der Waals surface area contributed by atoms with Gasteiger partial charge in [-0.3, -0.25) is 9.59 Å². The molecule has 2 amide bonds. The summed E-state index contributed by atoms with van der Waals surface area (Å²) in [7, 11) is 0. The number of fused-ring (bicyclic) bond motifs is 1. The van der Waals surface area contributed by atoms with E-state index in [0.29, 0.717) is 45.4 Å². The number of rotatable bonds is 8. The lowest BCUT2D eigenvalue weighted by atomic mass is 10.1. The lowest BCUT2D eigenvalue weighted by Crippen LogP contribution is -2.13. The summed E-state index contributed by atoms with van der Waals surface area (Å²) >= 11 is 6.10. The first-order valence-corrected chi connectivity index (χ1v) is 10.7. The number of hydrogen-bond donors (Lipinski definition) is 4. The third-order valence-electron chi connectivity index (χ3n) is 5.01. The van der Waals surface area contributed by atoms with E-state index < -0.39 is 0 Å². The van der Waals surface area contributed by atoms with Crippen LogP contribution < -0.4 is 10.6 Å². The fourth-order valence-electron chi connectivity index (χ4n) is 3.42. The second-order valence-corrected chi connectivity index (χ2v) is 7.79. The molecule has 4 aromatic rings. The zero-order valence-electron chi connectivity index (χ0n) is 17.4. The molecule has 4 N–H and O–H groups in total. The predicted molar refractivity (Wildman–Crippen MR) is 124 cm³/mol. The molecule has 164 valence electrons. The summed E-state index contributed by atoms with van der Waals surface area (Å²) in [5, 5.41) is 20.8. The van der Waals surface area contributed by atoms with Crippen LogP contribution in [0.25, 0.3) is 22.3 Å². The molecule has 0 bridgehead atoms. The van der Waals surface area contributed by atoms with E-state index in [2.05, 4.69) is 43.2 Å². The van der Waals surface area contributed by atoms with E-state index >= 15 is 0 Å². The highest BCUT2D eigenvalue weighted by atomic mass is 35.5. The Hall–Kier alpha value is -3.72. The summed E-state index contributed by atoms with van der Waals surface area (Å²) in [5.41, 5.74) is 2.75. The molecule has 32 heavy (non-hydrogen) atoms. The number of nitrogens with zero attached hydrogens (tertiary/aromatic N) is 3. The molecule has 2 heterocycles. The molecule has 4 rings (SSSR count). The van der Waals surface area contributed by atoms with Gasteiger partial charge in [0.05, 0.1) is 16.9 Å². The first-order chi connectivity index (χ1) is 15.5. The number of tetrazole rings is 1. The third kappa shape index (κ3) is 4.78. The molecule has 2 aromatic carbocycles. The largest absolute Gasteiger partial charge is 0.349 e. The Morgan fingerprint density at radius 2 is 1.94 bits per heavy atom. The van der Waals surface area contributed by atoms with Crippen molar-refractivity contribution >= 4 is 45.7 Å². The number of unbranched alkanes of at least 4 members (excludes halogenated alkanes) is 2. The van der Waals surface area contributed by atoms with Gasteiger partial charge in [0.15, 0.2) is 5.82 Å². The van der Waals surface area contributed by atoms with Crippen LogP contribution in [-0.4, -0.2) is 37.4 Å². The number of anilines is 2. The van der Waals surface area contributed by atoms with Gasteiger partial charge in [-0.05, 0) is 47.2 Å². The first kappa shape index (κ1) is 21.5. The fraction of sp³-hybridized carbons (Fsp3) is 0.227. The normalized spacial score (nSPS) is 10.9. The minimum atomic E-state index is -0.350. The maximum absolute atomic E-state index is 13.0. The number of amides is 2. The highest BCUT2D eigenvalue weighted by molar-refractivity contribution is 6.31. The Bertz CT molecular complexity index is 1250. The Morgan fingerprint density at radius 3 is 2.72 bits per heavy atom. The average molecular weight is 452 g/mol. The van der Waals surface area contributed by atoms with Crippen LogP contribution in [0.5, 0.6) is 0 Å². The molecule has 0 spiro atoms. The van der Waals surface area contributed by atoms with Crippen LogP contribution in [0.15, 0.2) is 42.5 Å². The Morgan fingerprint density at radius 1 is 1.06 bits per heavy atom. The monoisotopic (exact) mass is 451 g/mol. The van der Waals surface area contributed by atoms with Crippen LogP contribution in [0.3, 0.4) is 0 Å². The lowest BCUT2D eigenvalue weighted by molar-refractivity contribution is -0.116. The Labute approximate surface area is 188 Å². The fourth-order valence-corrected chi connectivity index (χ4v) is 3.59. The van der Waals surface area contributed by atoms with E-state index in [-0.39, 0.29) is 11.8 Å². The molecule has 10 heteroatoms. The highest BCUT2D eigenvalue weighted by Crippen LogP contribution is 2.29. The molecule has 0 saturated heterocycles. The van der Waals surface area contributed by atoms with Gasteiger partial charge < -0.3 is 15.6 Å². The maximum atomic E-state index is 13.0. The SMILES string of the molecule is CCCCCC(=O)Nc1cccc2cc(C(=O)Nc3ccc(Cl)cc3-c3nnn[nH]3)[nH]c12. The number of aromatic nitrogens is 5. The summed E-state index contributed by atoms with van der Waals surface area (Å²) < 4.78 is 0. The highest BCUT2D eigenvalue weighted by Gasteiger charge is 2.16. The van der Waals surface area contributed by atoms with Gasteiger partial charge in [0.1, 0.15) is 5.69 Å². The first-order valence-electron chi connectivity index (χ1n) is 10.3. The summed E-state index contributed by atoms with van der Waals surface area (Å²) in [6.07, 6.45) is 3.39. The predicted octanol–water partition coefficient (Wildman–Crippen LogP) is 4.77. The van der Waals surface area contributed by atoms with Crippen molar-refractivity contribution in [3.63, 3.8) is 0 Å². The van der Waals surface area contributed by atoms with Gasteiger partial charge in [0.2, 0.25) is 5.91 Å². The van der Waals surface area contributed by atoms with Crippen molar-refractivity contribution in [1.82, 2.24) is 25.6 Å². The van der Waals surface area contributed by atoms with Gasteiger partial charge in [-0.25, -0.2) is 5.10 Å². The molecular formula is C22H22ClN7O2. The van der Waals surface area contributed by atoms with Gasteiger partial charge in [-0.2, -0.15) is 0 Å². The second-order valence-electron chi connectivity index (χ2n) is 7.35. The minimum Gasteiger partial charge on any atom is -0.349 e. The van der Waals surface area contributed by atoms with Crippen molar-refractivity contribution in [2.75, 3.05) is 10.6 Å². The number of carbonyl (C=O) groups excluding carboxylic acids is 2. The van der Waals surface area contributed by atoms with Gasteiger partial charge in [0, 0.05) is 22.4 Å². The van der Waals surface area contributed by atoms with Crippen molar-refractivity contribution in [3.05, 3.63) is 53.2 Å². The van der Waals surface area contributed by atoms with Crippen LogP contribution in [-0.2, 0) is 4.79 Å². The molecule has 0 aliphatic heterocycles. The summed E-state index contributed by atoms with van der Waals surface area (Å²) in [5.74, 6) is -0.0111. The van der Waals surface area contributed by atoms with Crippen LogP contribution in [0.4, 0.5) is 11.4 Å². The Balaban J connectivity index is 1.56. The second kappa shape index (κ2) is 9.61. The molecule has 0 atom stereocenters. The molecule has 0 aliphatic rings. The van der Waals surface area contributed by atoms with Gasteiger partial charge in [-0.15, -0.1) is 5.10 Å². The molecule has 9 nitrogen and oxygen atoms in total. The van der Waals surface area contributed by atoms with E-state index in [1.165, 1.54) is 0 Å². The number of carbonyl (C=O) groups is 2. The lowest BCUT2D eigenvalue weighted by Gasteiger charge is -2.09. The molecule has 0 radical (unpaired) electrons. The van der Waals surface area contributed by atoms with Crippen LogP contribution in [0, 0.1) is 0 Å². The molecule has 0 aliphatic carbocycles. The van der Waals surface area contributed by atoms with Crippen LogP contribution in [0.1, 0.15) is 43.1 Å². The molecular weight excluding hydrogens is 430 g/mol. The number of nitrogens with one attached hydrogen (secondary N) is 4. The summed E-state index contributed by atoms with van der Waals surface area (Å²) in [4.78, 5) is 28.4. The van der Waals surface area contributed by atoms with Crippen molar-refractivity contribution in [1.29, 1.82) is 0 Å². The average Bonchev–Trinajstić information content (AvgIpc) is 3.46. The molecule has 0 fully saturated rings. The summed E-state index contributed by atoms with van der Waals surface area (Å²) in [6.45, 7) is 2.10. The number of halogens is 1. The van der Waals surface area contributed by atoms with Crippen molar-refractivity contribution < 1.29 is 9.59 Å². The standard InChI is InChI=1S/C22H22ClN7O2/c1-2-3-4-8-19(31)24-17-7-5-6-13-11-18(25-20(13)17)22(32)26-16-10-9-14(23)12-15(16)21-27-29-30-28-21/h5-7,9-12,25H,2-4,8H2,1H3,(H,24,31)(H,26,32)(H,27,28,29,30). The smallest absolute Gasteiger partial charge is 0.272 e. The van der Waals surface area contributed by atoms with Crippen molar-refractivity contribution in [2.24, 2.45) is 0 Å². The number of H-pyrrole nitrogens is 2. The number of hydrogen-bond acceptors (Lipinski definition) is 5. The van der Waals surface area contributed by atoms with E-state index in [9.17, 15) is 9.59 Å². The molecule has 0 unspecified atom stereocenters. The van der Waals surface area contributed by atoms with E-state index in [4.69, 9.17) is 11.6 Å². The van der Waals surface area contributed by atoms with Gasteiger partial charge >= 0.3 is 0 Å². The Kier molecular flexibility index (Phi) is 6.46. The number of benzene rings is 2. The zero-order chi connectivity index (χ0) is 22.5. The number of para-hydroxylation sites is 1. The maximum Gasteiger partial charge on any atom is 0.272 e. The third-order valence-corrected chi connectivity index (χ3v) is 5.25. The van der Waals surface area contributed by atoms with E-state index in [1.807, 2.05) is 18.2 Å². The topological polar surface area (TPSA) is 128 Å². The van der Waals surface area contributed by atoms with Crippen LogP contribution >= 0.6 is 11.6 Å². The molecule has 0 saturated carbocycles. The van der Waals surface area contributed by atoms with E-state index in [1.54, 1.807) is 24.3 Å². The number of aromatic amines is 2.